The first kappa shape index (κ1) is 15.3. The van der Waals surface area contributed by atoms with Crippen LogP contribution in [0.1, 0.15) is 58.8 Å². The predicted octanol–water partition coefficient (Wildman–Crippen LogP) is 2.82. The van der Waals surface area contributed by atoms with E-state index in [2.05, 4.69) is 19.2 Å². The Morgan fingerprint density at radius 2 is 1.65 bits per heavy atom. The molecule has 2 N–H and O–H groups in total. The zero-order chi connectivity index (χ0) is 14.7. The molecule has 0 aliphatic heterocycles. The lowest BCUT2D eigenvalue weighted by atomic mass is 9.81. The Balaban J connectivity index is 1.80. The highest BCUT2D eigenvalue weighted by Gasteiger charge is 2.35. The largest absolute Gasteiger partial charge is 0.481 e. The van der Waals surface area contributed by atoms with Crippen LogP contribution in [0, 0.1) is 23.7 Å². The standard InChI is InChI=1S/C16H27NO3/c1-3-11-8-9-14(10(11)2)17-15(18)12-4-6-13(7-5-12)16(19)20/h10-14H,3-9H2,1-2H3,(H,17,18)(H,19,20). The van der Waals surface area contributed by atoms with Crippen LogP contribution in [0.25, 0.3) is 0 Å². The van der Waals surface area contributed by atoms with Crippen LogP contribution in [-0.2, 0) is 9.59 Å². The molecule has 0 aromatic carbocycles. The Morgan fingerprint density at radius 1 is 1.05 bits per heavy atom. The summed E-state index contributed by atoms with van der Waals surface area (Å²) in [4.78, 5) is 23.2. The number of nitrogens with one attached hydrogen (secondary N) is 1. The van der Waals surface area contributed by atoms with Crippen LogP contribution in [0.5, 0.6) is 0 Å². The fourth-order valence-electron chi connectivity index (χ4n) is 3.93. The van der Waals surface area contributed by atoms with Crippen LogP contribution in [0.15, 0.2) is 0 Å². The number of carbonyl (C=O) groups excluding carboxylic acids is 1. The second-order valence-corrected chi connectivity index (χ2v) is 6.61. The molecule has 0 aromatic heterocycles. The Morgan fingerprint density at radius 3 is 2.15 bits per heavy atom. The molecule has 0 heterocycles. The monoisotopic (exact) mass is 281 g/mol. The second kappa shape index (κ2) is 6.59. The van der Waals surface area contributed by atoms with Gasteiger partial charge >= 0.3 is 5.97 Å². The van der Waals surface area contributed by atoms with E-state index in [1.165, 1.54) is 12.8 Å². The SMILES string of the molecule is CCC1CCC(NC(=O)C2CCC(C(=O)O)CC2)C1C. The minimum Gasteiger partial charge on any atom is -0.481 e. The average molecular weight is 281 g/mol. The molecule has 0 bridgehead atoms. The first-order valence-corrected chi connectivity index (χ1v) is 8.06. The molecule has 0 saturated heterocycles. The molecule has 2 rings (SSSR count). The summed E-state index contributed by atoms with van der Waals surface area (Å²) < 4.78 is 0. The lowest BCUT2D eigenvalue weighted by molar-refractivity contribution is -0.144. The summed E-state index contributed by atoms with van der Waals surface area (Å²) in [7, 11) is 0. The molecular weight excluding hydrogens is 254 g/mol. The lowest BCUT2D eigenvalue weighted by Gasteiger charge is -2.28. The molecule has 3 atom stereocenters. The summed E-state index contributed by atoms with van der Waals surface area (Å²) >= 11 is 0. The maximum absolute atomic E-state index is 12.3. The molecule has 2 aliphatic rings. The number of hydrogen-bond acceptors (Lipinski definition) is 2. The van der Waals surface area contributed by atoms with E-state index in [-0.39, 0.29) is 17.7 Å². The van der Waals surface area contributed by atoms with Gasteiger partial charge < -0.3 is 10.4 Å². The Bertz CT molecular complexity index is 361. The zero-order valence-corrected chi connectivity index (χ0v) is 12.6. The smallest absolute Gasteiger partial charge is 0.306 e. The van der Waals surface area contributed by atoms with E-state index >= 15 is 0 Å². The summed E-state index contributed by atoms with van der Waals surface area (Å²) in [6.07, 6.45) is 6.24. The molecule has 1 amide bonds. The molecule has 20 heavy (non-hydrogen) atoms. The molecule has 2 aliphatic carbocycles. The Hall–Kier alpha value is -1.06. The van der Waals surface area contributed by atoms with E-state index in [1.54, 1.807) is 0 Å². The highest BCUT2D eigenvalue weighted by molar-refractivity contribution is 5.79. The summed E-state index contributed by atoms with van der Waals surface area (Å²) in [6.45, 7) is 4.46. The molecule has 2 fully saturated rings. The van der Waals surface area contributed by atoms with Gasteiger partial charge in [-0.1, -0.05) is 20.3 Å². The van der Waals surface area contributed by atoms with Crippen molar-refractivity contribution in [3.63, 3.8) is 0 Å². The topological polar surface area (TPSA) is 66.4 Å². The molecular formula is C16H27NO3. The molecule has 4 nitrogen and oxygen atoms in total. The van der Waals surface area contributed by atoms with E-state index in [0.29, 0.717) is 24.8 Å². The van der Waals surface area contributed by atoms with Gasteiger partial charge in [0.05, 0.1) is 5.92 Å². The zero-order valence-electron chi connectivity index (χ0n) is 12.6. The quantitative estimate of drug-likeness (QED) is 0.832. The number of hydrogen-bond donors (Lipinski definition) is 2. The van der Waals surface area contributed by atoms with Gasteiger partial charge in [-0.3, -0.25) is 9.59 Å². The number of aliphatic carboxylic acids is 1. The van der Waals surface area contributed by atoms with Crippen LogP contribution in [0.4, 0.5) is 0 Å². The third-order valence-corrected chi connectivity index (χ3v) is 5.53. The van der Waals surface area contributed by atoms with Crippen molar-refractivity contribution in [1.82, 2.24) is 5.32 Å². The van der Waals surface area contributed by atoms with Crippen molar-refractivity contribution in [2.75, 3.05) is 0 Å². The lowest BCUT2D eigenvalue weighted by Crippen LogP contribution is -2.42. The Kier molecular flexibility index (Phi) is 5.06. The predicted molar refractivity (Wildman–Crippen MR) is 77.2 cm³/mol. The van der Waals surface area contributed by atoms with Crippen molar-refractivity contribution >= 4 is 11.9 Å². The Labute approximate surface area is 121 Å². The van der Waals surface area contributed by atoms with Crippen LogP contribution in [0.2, 0.25) is 0 Å². The number of amides is 1. The highest BCUT2D eigenvalue weighted by Crippen LogP contribution is 2.35. The third-order valence-electron chi connectivity index (χ3n) is 5.53. The van der Waals surface area contributed by atoms with E-state index in [1.807, 2.05) is 0 Å². The number of rotatable bonds is 4. The third kappa shape index (κ3) is 3.33. The minimum atomic E-state index is -0.709. The van der Waals surface area contributed by atoms with E-state index in [4.69, 9.17) is 5.11 Å². The van der Waals surface area contributed by atoms with Crippen LogP contribution in [-0.4, -0.2) is 23.0 Å². The molecule has 114 valence electrons. The number of carboxylic acid groups (broad SMARTS) is 1. The minimum absolute atomic E-state index is 0.0264. The second-order valence-electron chi connectivity index (χ2n) is 6.61. The van der Waals surface area contributed by atoms with Crippen molar-refractivity contribution in [2.45, 2.75) is 64.8 Å². The number of carbonyl (C=O) groups is 2. The van der Waals surface area contributed by atoms with Crippen molar-refractivity contribution in [2.24, 2.45) is 23.7 Å². The van der Waals surface area contributed by atoms with Gasteiger partial charge in [-0.15, -0.1) is 0 Å². The van der Waals surface area contributed by atoms with Gasteiger partial charge in [0.1, 0.15) is 0 Å². The average Bonchev–Trinajstić information content (AvgIpc) is 2.79. The first-order valence-electron chi connectivity index (χ1n) is 8.06. The fourth-order valence-corrected chi connectivity index (χ4v) is 3.93. The van der Waals surface area contributed by atoms with E-state index in [0.717, 1.165) is 25.2 Å². The summed E-state index contributed by atoms with van der Waals surface area (Å²) in [5.74, 6) is 0.538. The first-order chi connectivity index (χ1) is 9.52. The van der Waals surface area contributed by atoms with Gasteiger partial charge in [-0.2, -0.15) is 0 Å². The van der Waals surface area contributed by atoms with Gasteiger partial charge in [0, 0.05) is 12.0 Å². The molecule has 2 saturated carbocycles. The van der Waals surface area contributed by atoms with Crippen molar-refractivity contribution in [3.05, 3.63) is 0 Å². The van der Waals surface area contributed by atoms with Crippen molar-refractivity contribution < 1.29 is 14.7 Å². The molecule has 3 unspecified atom stereocenters. The molecule has 0 radical (unpaired) electrons. The van der Waals surface area contributed by atoms with Gasteiger partial charge in [0.25, 0.3) is 0 Å². The van der Waals surface area contributed by atoms with Gasteiger partial charge in [-0.25, -0.2) is 0 Å². The summed E-state index contributed by atoms with van der Waals surface area (Å²) in [6, 6.07) is 0.324. The molecule has 0 spiro atoms. The van der Waals surface area contributed by atoms with E-state index < -0.39 is 5.97 Å². The summed E-state index contributed by atoms with van der Waals surface area (Å²) in [5, 5.41) is 12.2. The number of carboxylic acids is 1. The highest BCUT2D eigenvalue weighted by atomic mass is 16.4. The van der Waals surface area contributed by atoms with Crippen LogP contribution < -0.4 is 5.32 Å². The molecule has 0 aromatic rings. The molecule has 4 heteroatoms. The normalized spacial score (nSPS) is 37.6. The van der Waals surface area contributed by atoms with Crippen LogP contribution in [0.3, 0.4) is 0 Å². The van der Waals surface area contributed by atoms with Gasteiger partial charge in [0.15, 0.2) is 0 Å². The van der Waals surface area contributed by atoms with Gasteiger partial charge in [-0.05, 0) is 50.4 Å². The maximum Gasteiger partial charge on any atom is 0.306 e. The summed E-state index contributed by atoms with van der Waals surface area (Å²) in [5.41, 5.74) is 0. The van der Waals surface area contributed by atoms with Crippen LogP contribution >= 0.6 is 0 Å². The van der Waals surface area contributed by atoms with E-state index in [9.17, 15) is 9.59 Å². The van der Waals surface area contributed by atoms with Gasteiger partial charge in [0.2, 0.25) is 5.91 Å². The van der Waals surface area contributed by atoms with Crippen molar-refractivity contribution in [3.8, 4) is 0 Å². The maximum atomic E-state index is 12.3. The fraction of sp³-hybridized carbons (Fsp3) is 0.875. The van der Waals surface area contributed by atoms with Crippen molar-refractivity contribution in [1.29, 1.82) is 0 Å².